The van der Waals surface area contributed by atoms with Gasteiger partial charge in [-0.1, -0.05) is 12.8 Å². The Morgan fingerprint density at radius 2 is 1.81 bits per heavy atom. The van der Waals surface area contributed by atoms with Crippen molar-refractivity contribution in [1.29, 1.82) is 0 Å². The maximum Gasteiger partial charge on any atom is 0.310 e. The van der Waals surface area contributed by atoms with E-state index in [4.69, 9.17) is 5.11 Å². The van der Waals surface area contributed by atoms with Gasteiger partial charge in [-0.2, -0.15) is 0 Å². The Hall–Kier alpha value is -1.59. The molecule has 3 N–H and O–H groups in total. The third kappa shape index (κ3) is 5.73. The summed E-state index contributed by atoms with van der Waals surface area (Å²) >= 11 is 0. The predicted octanol–water partition coefficient (Wildman–Crippen LogP) is 1.30. The van der Waals surface area contributed by atoms with Gasteiger partial charge in [0.25, 0.3) is 0 Å². The molecule has 0 radical (unpaired) electrons. The van der Waals surface area contributed by atoms with Crippen LogP contribution in [0.5, 0.6) is 0 Å². The minimum absolute atomic E-state index is 0.0265. The minimum atomic E-state index is -0.994. The molecular formula is C15H26N2O4. The second-order valence-electron chi connectivity index (χ2n) is 6.56. The van der Waals surface area contributed by atoms with Crippen LogP contribution < -0.4 is 10.6 Å². The summed E-state index contributed by atoms with van der Waals surface area (Å²) in [6, 6.07) is -0.244. The monoisotopic (exact) mass is 298 g/mol. The number of carboxylic acid groups (broad SMARTS) is 1. The summed E-state index contributed by atoms with van der Waals surface area (Å²) in [5.74, 6) is -1.09. The van der Waals surface area contributed by atoms with Crippen LogP contribution in [0.15, 0.2) is 0 Å². The van der Waals surface area contributed by atoms with Crippen LogP contribution in [0, 0.1) is 11.3 Å². The Kier molecular flexibility index (Phi) is 6.18. The van der Waals surface area contributed by atoms with Crippen LogP contribution in [0.4, 0.5) is 0 Å². The molecule has 1 rings (SSSR count). The summed E-state index contributed by atoms with van der Waals surface area (Å²) in [6.45, 7) is 4.97. The van der Waals surface area contributed by atoms with E-state index in [0.29, 0.717) is 0 Å². The van der Waals surface area contributed by atoms with Crippen molar-refractivity contribution < 1.29 is 19.5 Å². The number of amides is 2. The number of hydrogen-bond donors (Lipinski definition) is 3. The molecule has 0 heterocycles. The number of nitrogens with one attached hydrogen (secondary N) is 2. The lowest BCUT2D eigenvalue weighted by Gasteiger charge is -2.21. The fourth-order valence-corrected chi connectivity index (χ4v) is 2.35. The van der Waals surface area contributed by atoms with Crippen molar-refractivity contribution in [2.45, 2.75) is 58.9 Å². The van der Waals surface area contributed by atoms with Crippen LogP contribution in [-0.2, 0) is 14.4 Å². The molecule has 2 amide bonds. The van der Waals surface area contributed by atoms with Crippen LogP contribution in [0.2, 0.25) is 0 Å². The minimum Gasteiger partial charge on any atom is -0.481 e. The van der Waals surface area contributed by atoms with Gasteiger partial charge in [-0.05, 0) is 33.6 Å². The third-order valence-electron chi connectivity index (χ3n) is 3.91. The standard InChI is InChI=1S/C15H26N2O4/c1-10(17-13(19)11-6-4-5-7-11)8-12(18)16-9-15(2,3)14(20)21/h10-11H,4-9H2,1-3H3,(H,16,18)(H,17,19)(H,20,21). The van der Waals surface area contributed by atoms with E-state index < -0.39 is 11.4 Å². The van der Waals surface area contributed by atoms with Crippen LogP contribution >= 0.6 is 0 Å². The van der Waals surface area contributed by atoms with Gasteiger partial charge in [-0.25, -0.2) is 0 Å². The zero-order valence-electron chi connectivity index (χ0n) is 13.1. The molecule has 1 aliphatic carbocycles. The van der Waals surface area contributed by atoms with Crippen molar-refractivity contribution in [2.75, 3.05) is 6.54 Å². The number of aliphatic carboxylic acids is 1. The Labute approximate surface area is 125 Å². The van der Waals surface area contributed by atoms with Crippen molar-refractivity contribution >= 4 is 17.8 Å². The first-order valence-corrected chi connectivity index (χ1v) is 7.53. The quantitative estimate of drug-likeness (QED) is 0.660. The van der Waals surface area contributed by atoms with Gasteiger partial charge in [0.05, 0.1) is 5.41 Å². The Morgan fingerprint density at radius 1 is 1.24 bits per heavy atom. The van der Waals surface area contributed by atoms with Gasteiger partial charge in [0.15, 0.2) is 0 Å². The molecule has 0 aromatic carbocycles. The summed E-state index contributed by atoms with van der Waals surface area (Å²) in [5, 5.41) is 14.4. The second-order valence-corrected chi connectivity index (χ2v) is 6.56. The smallest absolute Gasteiger partial charge is 0.310 e. The molecule has 1 saturated carbocycles. The van der Waals surface area contributed by atoms with Gasteiger partial charge in [-0.3, -0.25) is 14.4 Å². The van der Waals surface area contributed by atoms with E-state index in [2.05, 4.69) is 10.6 Å². The van der Waals surface area contributed by atoms with Gasteiger partial charge < -0.3 is 15.7 Å². The largest absolute Gasteiger partial charge is 0.481 e. The van der Waals surface area contributed by atoms with Crippen molar-refractivity contribution in [3.05, 3.63) is 0 Å². The SMILES string of the molecule is CC(CC(=O)NCC(C)(C)C(=O)O)NC(=O)C1CCCC1. The highest BCUT2D eigenvalue weighted by Gasteiger charge is 2.28. The van der Waals surface area contributed by atoms with E-state index in [-0.39, 0.29) is 36.7 Å². The lowest BCUT2D eigenvalue weighted by Crippen LogP contribution is -2.43. The highest BCUT2D eigenvalue weighted by atomic mass is 16.4. The normalized spacial score (nSPS) is 17.3. The maximum atomic E-state index is 11.9. The first-order valence-electron chi connectivity index (χ1n) is 7.53. The second kappa shape index (κ2) is 7.43. The molecule has 1 unspecified atom stereocenters. The van der Waals surface area contributed by atoms with E-state index >= 15 is 0 Å². The van der Waals surface area contributed by atoms with Crippen LogP contribution in [0.1, 0.15) is 52.9 Å². The zero-order valence-corrected chi connectivity index (χ0v) is 13.1. The van der Waals surface area contributed by atoms with Crippen molar-refractivity contribution in [2.24, 2.45) is 11.3 Å². The summed E-state index contributed by atoms with van der Waals surface area (Å²) in [4.78, 5) is 34.6. The Morgan fingerprint density at radius 3 is 2.33 bits per heavy atom. The van der Waals surface area contributed by atoms with Crippen LogP contribution in [-0.4, -0.2) is 35.5 Å². The van der Waals surface area contributed by atoms with Gasteiger partial charge in [0.2, 0.25) is 11.8 Å². The van der Waals surface area contributed by atoms with Crippen molar-refractivity contribution in [3.63, 3.8) is 0 Å². The lowest BCUT2D eigenvalue weighted by atomic mass is 9.94. The average Bonchev–Trinajstić information content (AvgIpc) is 2.90. The third-order valence-corrected chi connectivity index (χ3v) is 3.91. The molecule has 0 aromatic rings. The van der Waals surface area contributed by atoms with Gasteiger partial charge in [-0.15, -0.1) is 0 Å². The number of hydrogen-bond acceptors (Lipinski definition) is 3. The van der Waals surface area contributed by atoms with Gasteiger partial charge in [0.1, 0.15) is 0 Å². The first kappa shape index (κ1) is 17.5. The van der Waals surface area contributed by atoms with Gasteiger partial charge >= 0.3 is 5.97 Å². The highest BCUT2D eigenvalue weighted by molar-refractivity contribution is 5.81. The first-order chi connectivity index (χ1) is 9.72. The van der Waals surface area contributed by atoms with E-state index in [1.807, 2.05) is 0 Å². The van der Waals surface area contributed by atoms with E-state index in [9.17, 15) is 14.4 Å². The fourth-order valence-electron chi connectivity index (χ4n) is 2.35. The zero-order chi connectivity index (χ0) is 16.0. The lowest BCUT2D eigenvalue weighted by molar-refractivity contribution is -0.146. The summed E-state index contributed by atoms with van der Waals surface area (Å²) < 4.78 is 0. The highest BCUT2D eigenvalue weighted by Crippen LogP contribution is 2.24. The van der Waals surface area contributed by atoms with Gasteiger partial charge in [0, 0.05) is 24.9 Å². The Balaban J connectivity index is 2.30. The predicted molar refractivity (Wildman–Crippen MR) is 78.6 cm³/mol. The van der Waals surface area contributed by atoms with Crippen molar-refractivity contribution in [3.8, 4) is 0 Å². The summed E-state index contributed by atoms with van der Waals surface area (Å²) in [7, 11) is 0. The molecule has 1 atom stereocenters. The van der Waals surface area contributed by atoms with Crippen LogP contribution in [0.3, 0.4) is 0 Å². The molecule has 120 valence electrons. The number of carboxylic acids is 1. The molecule has 21 heavy (non-hydrogen) atoms. The molecule has 6 nitrogen and oxygen atoms in total. The molecule has 1 fully saturated rings. The van der Waals surface area contributed by atoms with Crippen molar-refractivity contribution in [1.82, 2.24) is 10.6 Å². The summed E-state index contributed by atoms with van der Waals surface area (Å²) in [5.41, 5.74) is -0.994. The average molecular weight is 298 g/mol. The van der Waals surface area contributed by atoms with E-state index in [1.165, 1.54) is 0 Å². The van der Waals surface area contributed by atoms with Crippen LogP contribution in [0.25, 0.3) is 0 Å². The molecule has 0 spiro atoms. The fraction of sp³-hybridized carbons (Fsp3) is 0.800. The molecule has 1 aliphatic rings. The molecule has 0 aliphatic heterocycles. The number of rotatable bonds is 7. The van der Waals surface area contributed by atoms with E-state index in [1.54, 1.807) is 20.8 Å². The molecule has 0 aromatic heterocycles. The molecule has 0 saturated heterocycles. The number of carbonyl (C=O) groups excluding carboxylic acids is 2. The Bertz CT molecular complexity index is 400. The molecule has 6 heteroatoms. The summed E-state index contributed by atoms with van der Waals surface area (Å²) in [6.07, 6.45) is 4.21. The molecular weight excluding hydrogens is 272 g/mol. The molecule has 0 bridgehead atoms. The maximum absolute atomic E-state index is 11.9. The number of carbonyl (C=O) groups is 3. The van der Waals surface area contributed by atoms with E-state index in [0.717, 1.165) is 25.7 Å². The topological polar surface area (TPSA) is 95.5 Å².